The molecule has 1 aromatic rings. The molecule has 0 radical (unpaired) electrons. The van der Waals surface area contributed by atoms with E-state index in [0.29, 0.717) is 19.0 Å². The van der Waals surface area contributed by atoms with E-state index in [1.54, 1.807) is 4.31 Å². The molecule has 0 heterocycles. The van der Waals surface area contributed by atoms with Crippen molar-refractivity contribution in [3.8, 4) is 0 Å². The molecule has 0 spiro atoms. The van der Waals surface area contributed by atoms with E-state index < -0.39 is 10.0 Å². The first-order valence-corrected chi connectivity index (χ1v) is 9.29. The van der Waals surface area contributed by atoms with E-state index in [9.17, 15) is 8.42 Å². The average molecular weight is 333 g/mol. The summed E-state index contributed by atoms with van der Waals surface area (Å²) in [6, 6.07) is 7.45. The van der Waals surface area contributed by atoms with Crippen molar-refractivity contribution < 1.29 is 8.42 Å². The smallest absolute Gasteiger partial charge is 0.218 e. The van der Waals surface area contributed by atoms with Gasteiger partial charge in [0.15, 0.2) is 0 Å². The Labute approximate surface area is 133 Å². The number of halogens is 1. The van der Waals surface area contributed by atoms with Crippen LogP contribution in [0.4, 0.5) is 0 Å². The van der Waals surface area contributed by atoms with E-state index >= 15 is 0 Å². The fraction of sp³-hybridized carbons (Fsp3) is 0.600. The van der Waals surface area contributed by atoms with Gasteiger partial charge in [-0.15, -0.1) is 11.6 Å². The molecule has 0 unspecified atom stereocenters. The topological polar surface area (TPSA) is 40.6 Å². The van der Waals surface area contributed by atoms with E-state index in [-0.39, 0.29) is 5.75 Å². The molecule has 0 aromatic heterocycles. The third kappa shape index (κ3) is 6.34. The van der Waals surface area contributed by atoms with Crippen molar-refractivity contribution in [1.29, 1.82) is 0 Å². The number of nitrogens with zero attached hydrogens (tertiary/aromatic N) is 2. The molecule has 0 amide bonds. The van der Waals surface area contributed by atoms with Crippen LogP contribution in [0.15, 0.2) is 24.3 Å². The molecule has 4 nitrogen and oxygen atoms in total. The summed E-state index contributed by atoms with van der Waals surface area (Å²) in [7, 11) is 0.700. The van der Waals surface area contributed by atoms with Crippen LogP contribution in [0.2, 0.25) is 0 Å². The number of hydrogen-bond acceptors (Lipinski definition) is 3. The lowest BCUT2D eigenvalue weighted by Gasteiger charge is -2.21. The van der Waals surface area contributed by atoms with Crippen LogP contribution in [0, 0.1) is 0 Å². The van der Waals surface area contributed by atoms with Crippen molar-refractivity contribution >= 4 is 21.6 Å². The van der Waals surface area contributed by atoms with Gasteiger partial charge in [-0.3, -0.25) is 0 Å². The van der Waals surface area contributed by atoms with E-state index in [2.05, 4.69) is 4.90 Å². The van der Waals surface area contributed by atoms with Crippen LogP contribution in [0.5, 0.6) is 0 Å². The molecule has 21 heavy (non-hydrogen) atoms. The van der Waals surface area contributed by atoms with Crippen LogP contribution in [0.1, 0.15) is 24.5 Å². The van der Waals surface area contributed by atoms with Gasteiger partial charge in [0, 0.05) is 19.0 Å². The number of hydrogen-bond donors (Lipinski definition) is 0. The van der Waals surface area contributed by atoms with Gasteiger partial charge in [-0.25, -0.2) is 12.7 Å². The normalized spacial score (nSPS) is 12.3. The maximum absolute atomic E-state index is 12.5. The van der Waals surface area contributed by atoms with Crippen LogP contribution < -0.4 is 0 Å². The molecule has 0 aliphatic carbocycles. The zero-order valence-corrected chi connectivity index (χ0v) is 14.6. The van der Waals surface area contributed by atoms with Crippen molar-refractivity contribution in [2.24, 2.45) is 0 Å². The maximum Gasteiger partial charge on any atom is 0.218 e. The van der Waals surface area contributed by atoms with Gasteiger partial charge >= 0.3 is 0 Å². The highest BCUT2D eigenvalue weighted by molar-refractivity contribution is 7.88. The van der Waals surface area contributed by atoms with E-state index in [4.69, 9.17) is 11.6 Å². The molecule has 1 rings (SSSR count). The highest BCUT2D eigenvalue weighted by atomic mass is 35.5. The van der Waals surface area contributed by atoms with E-state index in [0.717, 1.165) is 24.1 Å². The lowest BCUT2D eigenvalue weighted by molar-refractivity contribution is 0.356. The van der Waals surface area contributed by atoms with Crippen molar-refractivity contribution in [3.63, 3.8) is 0 Å². The third-order valence-corrected chi connectivity index (χ3v) is 5.49. The van der Waals surface area contributed by atoms with Gasteiger partial charge in [0.05, 0.1) is 5.75 Å². The molecule has 0 aliphatic heterocycles. The summed E-state index contributed by atoms with van der Waals surface area (Å²) in [4.78, 5) is 2.06. The Morgan fingerprint density at radius 2 is 1.81 bits per heavy atom. The summed E-state index contributed by atoms with van der Waals surface area (Å²) in [5, 5.41) is 0. The molecule has 0 atom stereocenters. The molecular formula is C15H25ClN2O2S. The number of sulfonamides is 1. The Morgan fingerprint density at radius 1 is 1.14 bits per heavy atom. The maximum atomic E-state index is 12.5. The predicted octanol–water partition coefficient (Wildman–Crippen LogP) is 2.53. The molecule has 0 N–H and O–H groups in total. The van der Waals surface area contributed by atoms with Gasteiger partial charge in [0.2, 0.25) is 10.0 Å². The largest absolute Gasteiger partial charge is 0.309 e. The van der Waals surface area contributed by atoms with Crippen LogP contribution in [0.25, 0.3) is 0 Å². The zero-order valence-electron chi connectivity index (χ0n) is 13.0. The van der Waals surface area contributed by atoms with E-state index in [1.807, 2.05) is 45.3 Å². The summed E-state index contributed by atoms with van der Waals surface area (Å²) in [6.07, 6.45) is 0.835. The number of rotatable bonds is 9. The van der Waals surface area contributed by atoms with Crippen molar-refractivity contribution in [1.82, 2.24) is 9.21 Å². The molecule has 120 valence electrons. The first kappa shape index (κ1) is 18.4. The Bertz CT molecular complexity index is 532. The Morgan fingerprint density at radius 3 is 2.38 bits per heavy atom. The standard InChI is InChI=1S/C15H25ClN2O2S/c1-4-18(10-6-9-17(2)3)21(19,20)13-15-8-5-7-14(11-15)12-16/h5,7-8,11H,4,6,9-10,12-13H2,1-3H3. The summed E-state index contributed by atoms with van der Waals surface area (Å²) < 4.78 is 26.5. The molecule has 0 saturated heterocycles. The lowest BCUT2D eigenvalue weighted by Crippen LogP contribution is -2.34. The van der Waals surface area contributed by atoms with Crippen LogP contribution in [0.3, 0.4) is 0 Å². The minimum absolute atomic E-state index is 0.0353. The molecular weight excluding hydrogens is 308 g/mol. The van der Waals surface area contributed by atoms with E-state index in [1.165, 1.54) is 0 Å². The Hall–Kier alpha value is -0.620. The van der Waals surface area contributed by atoms with Crippen molar-refractivity contribution in [2.75, 3.05) is 33.7 Å². The number of alkyl halides is 1. The van der Waals surface area contributed by atoms with Gasteiger partial charge in [0.25, 0.3) is 0 Å². The summed E-state index contributed by atoms with van der Waals surface area (Å²) >= 11 is 5.79. The van der Waals surface area contributed by atoms with Gasteiger partial charge < -0.3 is 4.90 Å². The fourth-order valence-corrected chi connectivity index (χ4v) is 3.91. The van der Waals surface area contributed by atoms with Crippen LogP contribution >= 0.6 is 11.6 Å². The minimum Gasteiger partial charge on any atom is -0.309 e. The molecule has 0 fully saturated rings. The SMILES string of the molecule is CCN(CCCN(C)C)S(=O)(=O)Cc1cccc(CCl)c1. The second kappa shape index (κ2) is 8.73. The molecule has 0 aliphatic rings. The Balaban J connectivity index is 2.72. The second-order valence-electron chi connectivity index (χ2n) is 5.36. The highest BCUT2D eigenvalue weighted by Crippen LogP contribution is 2.14. The zero-order chi connectivity index (χ0) is 15.9. The quantitative estimate of drug-likeness (QED) is 0.652. The van der Waals surface area contributed by atoms with Crippen molar-refractivity contribution in [2.45, 2.75) is 25.0 Å². The monoisotopic (exact) mass is 332 g/mol. The summed E-state index contributed by atoms with van der Waals surface area (Å²) in [6.45, 7) is 3.83. The van der Waals surface area contributed by atoms with Gasteiger partial charge in [0.1, 0.15) is 0 Å². The molecule has 0 bridgehead atoms. The third-order valence-electron chi connectivity index (χ3n) is 3.25. The number of benzene rings is 1. The fourth-order valence-electron chi connectivity index (χ4n) is 2.16. The first-order valence-electron chi connectivity index (χ1n) is 7.15. The first-order chi connectivity index (χ1) is 9.89. The van der Waals surface area contributed by atoms with Crippen LogP contribution in [-0.2, 0) is 21.7 Å². The predicted molar refractivity (Wildman–Crippen MR) is 89.0 cm³/mol. The minimum atomic E-state index is -3.28. The molecule has 0 saturated carbocycles. The summed E-state index contributed by atoms with van der Waals surface area (Å²) in [5.74, 6) is 0.432. The van der Waals surface area contributed by atoms with Gasteiger partial charge in [-0.2, -0.15) is 0 Å². The second-order valence-corrected chi connectivity index (χ2v) is 7.59. The summed E-state index contributed by atoms with van der Waals surface area (Å²) in [5.41, 5.74) is 1.74. The highest BCUT2D eigenvalue weighted by Gasteiger charge is 2.20. The Kier molecular flexibility index (Phi) is 7.66. The average Bonchev–Trinajstić information content (AvgIpc) is 2.42. The lowest BCUT2D eigenvalue weighted by atomic mass is 10.2. The molecule has 6 heteroatoms. The van der Waals surface area contributed by atoms with Crippen molar-refractivity contribution in [3.05, 3.63) is 35.4 Å². The molecule has 1 aromatic carbocycles. The van der Waals surface area contributed by atoms with Crippen LogP contribution in [-0.4, -0.2) is 51.4 Å². The van der Waals surface area contributed by atoms with Gasteiger partial charge in [-0.1, -0.05) is 31.2 Å². The van der Waals surface area contributed by atoms with Gasteiger partial charge in [-0.05, 0) is 38.2 Å².